The third-order valence-corrected chi connectivity index (χ3v) is 5.47. The van der Waals surface area contributed by atoms with Gasteiger partial charge >= 0.3 is 0 Å². The fourth-order valence-electron chi connectivity index (χ4n) is 2.16. The molecule has 2 N–H and O–H groups in total. The highest BCUT2D eigenvalue weighted by atomic mass is 32.2. The topological polar surface area (TPSA) is 71.1 Å². The molecule has 0 bridgehead atoms. The maximum Gasteiger partial charge on any atom is 0.270 e. The van der Waals surface area contributed by atoms with Crippen molar-refractivity contribution in [3.8, 4) is 0 Å². The van der Waals surface area contributed by atoms with Gasteiger partial charge in [-0.3, -0.25) is 9.59 Å². The fourth-order valence-corrected chi connectivity index (χ4v) is 3.66. The second kappa shape index (κ2) is 10.2. The lowest BCUT2D eigenvalue weighted by Crippen LogP contribution is -2.26. The van der Waals surface area contributed by atoms with Gasteiger partial charge in [-0.1, -0.05) is 18.2 Å². The van der Waals surface area contributed by atoms with Crippen LogP contribution in [0.5, 0.6) is 0 Å². The highest BCUT2D eigenvalue weighted by Gasteiger charge is 2.11. The van der Waals surface area contributed by atoms with E-state index in [9.17, 15) is 9.59 Å². The highest BCUT2D eigenvalue weighted by Crippen LogP contribution is 2.10. The first-order chi connectivity index (χ1) is 12.1. The van der Waals surface area contributed by atoms with E-state index in [0.717, 1.165) is 17.2 Å². The SMILES string of the molecule is C[S+](C)CCCNC(=O)c1csc(CCNC(=O)c2ccccc2)n1. The van der Waals surface area contributed by atoms with E-state index in [1.54, 1.807) is 17.5 Å². The van der Waals surface area contributed by atoms with E-state index >= 15 is 0 Å². The second-order valence-corrected chi connectivity index (χ2v) is 9.12. The van der Waals surface area contributed by atoms with Gasteiger partial charge in [-0.05, 0) is 23.0 Å². The first-order valence-electron chi connectivity index (χ1n) is 8.16. The minimum atomic E-state index is -0.122. The van der Waals surface area contributed by atoms with Crippen molar-refractivity contribution < 1.29 is 9.59 Å². The molecule has 1 aromatic carbocycles. The number of rotatable bonds is 9. The molecule has 1 heterocycles. The van der Waals surface area contributed by atoms with Crippen LogP contribution >= 0.6 is 11.3 Å². The van der Waals surface area contributed by atoms with Gasteiger partial charge in [0.25, 0.3) is 11.8 Å². The molecule has 1 aromatic heterocycles. The van der Waals surface area contributed by atoms with Crippen molar-refractivity contribution in [2.45, 2.75) is 12.8 Å². The summed E-state index contributed by atoms with van der Waals surface area (Å²) in [4.78, 5) is 28.3. The number of hydrogen-bond donors (Lipinski definition) is 2. The van der Waals surface area contributed by atoms with Crippen molar-refractivity contribution in [1.29, 1.82) is 0 Å². The minimum Gasteiger partial charge on any atom is -0.352 e. The molecule has 7 heteroatoms. The normalized spacial score (nSPS) is 10.7. The van der Waals surface area contributed by atoms with E-state index in [4.69, 9.17) is 0 Å². The van der Waals surface area contributed by atoms with E-state index in [1.807, 2.05) is 18.2 Å². The molecule has 0 aliphatic heterocycles. The van der Waals surface area contributed by atoms with Gasteiger partial charge in [-0.25, -0.2) is 4.98 Å². The van der Waals surface area contributed by atoms with Crippen LogP contribution in [0.15, 0.2) is 35.7 Å². The van der Waals surface area contributed by atoms with Crippen LogP contribution in [0.2, 0.25) is 0 Å². The van der Waals surface area contributed by atoms with E-state index in [1.165, 1.54) is 11.3 Å². The number of benzene rings is 1. The Balaban J connectivity index is 1.72. The van der Waals surface area contributed by atoms with Crippen LogP contribution in [-0.2, 0) is 17.3 Å². The van der Waals surface area contributed by atoms with Crippen LogP contribution in [0.4, 0.5) is 0 Å². The summed E-state index contributed by atoms with van der Waals surface area (Å²) in [5.41, 5.74) is 1.10. The van der Waals surface area contributed by atoms with Crippen molar-refractivity contribution in [3.05, 3.63) is 52.0 Å². The summed E-state index contributed by atoms with van der Waals surface area (Å²) in [6.45, 7) is 1.18. The average molecular weight is 379 g/mol. The Morgan fingerprint density at radius 2 is 1.80 bits per heavy atom. The fraction of sp³-hybridized carbons (Fsp3) is 0.389. The zero-order chi connectivity index (χ0) is 18.1. The second-order valence-electron chi connectivity index (χ2n) is 5.80. The summed E-state index contributed by atoms with van der Waals surface area (Å²) in [6.07, 6.45) is 6.01. The van der Waals surface area contributed by atoms with Gasteiger partial charge in [0.2, 0.25) is 0 Å². The number of carbonyl (C=O) groups is 2. The zero-order valence-electron chi connectivity index (χ0n) is 14.6. The predicted octanol–water partition coefficient (Wildman–Crippen LogP) is 2.11. The van der Waals surface area contributed by atoms with Gasteiger partial charge in [0.05, 0.1) is 17.5 Å². The Bertz CT molecular complexity index is 687. The Hall–Kier alpha value is -1.86. The molecule has 25 heavy (non-hydrogen) atoms. The molecular weight excluding hydrogens is 354 g/mol. The molecule has 0 aliphatic carbocycles. The van der Waals surface area contributed by atoms with Crippen molar-refractivity contribution in [1.82, 2.24) is 15.6 Å². The maximum absolute atomic E-state index is 12.0. The molecular formula is C18H24N3O2S2+. The molecule has 0 fully saturated rings. The minimum absolute atomic E-state index is 0.0963. The first-order valence-corrected chi connectivity index (χ1v) is 11.3. The Kier molecular flexibility index (Phi) is 7.94. The summed E-state index contributed by atoms with van der Waals surface area (Å²) in [7, 11) is 0.408. The molecule has 0 saturated carbocycles. The third-order valence-electron chi connectivity index (χ3n) is 3.46. The molecule has 134 valence electrons. The standard InChI is InChI=1S/C18H23N3O2S2/c1-25(2)12-6-10-19-18(23)15-13-24-16(21-15)9-11-20-17(22)14-7-4-3-5-8-14/h3-5,7-8,13H,6,9-12H2,1-2H3,(H-,19,20,22,23)/p+1. The van der Waals surface area contributed by atoms with Crippen LogP contribution in [0.1, 0.15) is 32.3 Å². The van der Waals surface area contributed by atoms with Crippen molar-refractivity contribution >= 4 is 34.0 Å². The Morgan fingerprint density at radius 3 is 2.52 bits per heavy atom. The van der Waals surface area contributed by atoms with Crippen molar-refractivity contribution in [3.63, 3.8) is 0 Å². The molecule has 0 aliphatic rings. The van der Waals surface area contributed by atoms with Crippen LogP contribution in [0, 0.1) is 0 Å². The van der Waals surface area contributed by atoms with Crippen molar-refractivity contribution in [2.75, 3.05) is 31.4 Å². The molecule has 5 nitrogen and oxygen atoms in total. The highest BCUT2D eigenvalue weighted by molar-refractivity contribution is 7.95. The smallest absolute Gasteiger partial charge is 0.270 e. The number of hydrogen-bond acceptors (Lipinski definition) is 4. The molecule has 0 spiro atoms. The zero-order valence-corrected chi connectivity index (χ0v) is 16.2. The molecule has 0 atom stereocenters. The molecule has 2 aromatic rings. The number of aromatic nitrogens is 1. The van der Waals surface area contributed by atoms with Crippen LogP contribution in [0.25, 0.3) is 0 Å². The number of amides is 2. The summed E-state index contributed by atoms with van der Waals surface area (Å²) in [5.74, 6) is 0.910. The van der Waals surface area contributed by atoms with Crippen LogP contribution in [0.3, 0.4) is 0 Å². The van der Waals surface area contributed by atoms with Gasteiger partial charge in [0, 0.05) is 36.9 Å². The lowest BCUT2D eigenvalue weighted by Gasteiger charge is -2.03. The van der Waals surface area contributed by atoms with Crippen LogP contribution < -0.4 is 10.6 Å². The number of nitrogens with one attached hydrogen (secondary N) is 2. The number of thiazole rings is 1. The van der Waals surface area contributed by atoms with Gasteiger partial charge < -0.3 is 10.6 Å². The lowest BCUT2D eigenvalue weighted by molar-refractivity contribution is 0.0942. The van der Waals surface area contributed by atoms with E-state index in [2.05, 4.69) is 28.1 Å². The average Bonchev–Trinajstić information content (AvgIpc) is 3.08. The van der Waals surface area contributed by atoms with E-state index in [-0.39, 0.29) is 11.8 Å². The number of carbonyl (C=O) groups excluding carboxylic acids is 2. The van der Waals surface area contributed by atoms with Gasteiger partial charge in [-0.15, -0.1) is 11.3 Å². The Morgan fingerprint density at radius 1 is 1.08 bits per heavy atom. The monoisotopic (exact) mass is 378 g/mol. The largest absolute Gasteiger partial charge is 0.352 e. The molecule has 2 amide bonds. The summed E-state index contributed by atoms with van der Waals surface area (Å²) in [5, 5.41) is 8.39. The number of nitrogens with zero attached hydrogens (tertiary/aromatic N) is 1. The molecule has 2 rings (SSSR count). The summed E-state index contributed by atoms with van der Waals surface area (Å²) in [6, 6.07) is 9.11. The maximum atomic E-state index is 12.0. The van der Waals surface area contributed by atoms with Crippen LogP contribution in [-0.4, -0.2) is 48.2 Å². The van der Waals surface area contributed by atoms with E-state index in [0.29, 0.717) is 41.7 Å². The van der Waals surface area contributed by atoms with Crippen molar-refractivity contribution in [2.24, 2.45) is 0 Å². The summed E-state index contributed by atoms with van der Waals surface area (Å²) < 4.78 is 0. The van der Waals surface area contributed by atoms with Gasteiger partial charge in [0.15, 0.2) is 0 Å². The molecule has 0 radical (unpaired) electrons. The quantitative estimate of drug-likeness (QED) is 0.519. The van der Waals surface area contributed by atoms with Gasteiger partial charge in [0.1, 0.15) is 11.4 Å². The predicted molar refractivity (Wildman–Crippen MR) is 106 cm³/mol. The molecule has 0 saturated heterocycles. The van der Waals surface area contributed by atoms with Gasteiger partial charge in [-0.2, -0.15) is 0 Å². The molecule has 0 unspecified atom stereocenters. The first kappa shape index (κ1) is 19.5. The summed E-state index contributed by atoms with van der Waals surface area (Å²) >= 11 is 1.45. The lowest BCUT2D eigenvalue weighted by atomic mass is 10.2. The third kappa shape index (κ3) is 6.88. The Labute approximate surface area is 155 Å². The van der Waals surface area contributed by atoms with E-state index < -0.39 is 0 Å².